The molecule has 9 nitrogen and oxygen atoms in total. The molecular weight excluding hydrogens is 487 g/mol. The zero-order valence-corrected chi connectivity index (χ0v) is 19.3. The number of nitrogens with one attached hydrogen (secondary N) is 1. The fraction of sp³-hybridized carbons (Fsp3) is 0.455. The lowest BCUT2D eigenvalue weighted by atomic mass is 9.93. The maximum atomic E-state index is 13.4. The van der Waals surface area contributed by atoms with E-state index < -0.39 is 32.2 Å². The Labute approximate surface area is 198 Å². The van der Waals surface area contributed by atoms with Crippen molar-refractivity contribution in [2.45, 2.75) is 55.5 Å². The summed E-state index contributed by atoms with van der Waals surface area (Å²) in [5, 5.41) is 10.6. The van der Waals surface area contributed by atoms with Gasteiger partial charge in [-0.2, -0.15) is 27.6 Å². The summed E-state index contributed by atoms with van der Waals surface area (Å²) < 4.78 is 72.6. The number of hydrogen-bond donors (Lipinski definition) is 1. The molecule has 13 heteroatoms. The zero-order valence-electron chi connectivity index (χ0n) is 18.5. The molecule has 0 saturated carbocycles. The van der Waals surface area contributed by atoms with Crippen molar-refractivity contribution in [1.29, 1.82) is 0 Å². The van der Waals surface area contributed by atoms with Gasteiger partial charge in [0.2, 0.25) is 21.7 Å². The molecule has 0 spiro atoms. The number of aryl methyl sites for hydroxylation is 1. The Balaban J connectivity index is 1.35. The number of halogens is 3. The summed E-state index contributed by atoms with van der Waals surface area (Å²) >= 11 is 0. The third-order valence-electron chi connectivity index (χ3n) is 6.54. The number of sulfonamides is 1. The predicted octanol–water partition coefficient (Wildman–Crippen LogP) is 3.29. The molecule has 0 amide bonds. The highest BCUT2D eigenvalue weighted by molar-refractivity contribution is 7.89. The molecule has 2 aromatic heterocycles. The highest BCUT2D eigenvalue weighted by atomic mass is 32.2. The van der Waals surface area contributed by atoms with Crippen LogP contribution in [0.4, 0.5) is 13.2 Å². The number of piperidine rings is 1. The van der Waals surface area contributed by atoms with Crippen LogP contribution in [0.15, 0.2) is 38.5 Å². The molecule has 0 atom stereocenters. The maximum Gasteiger partial charge on any atom is 0.417 e. The van der Waals surface area contributed by atoms with Crippen molar-refractivity contribution < 1.29 is 26.1 Å². The predicted molar refractivity (Wildman–Crippen MR) is 117 cm³/mol. The fourth-order valence-electron chi connectivity index (χ4n) is 4.74. The highest BCUT2D eigenvalue weighted by Gasteiger charge is 2.40. The topological polar surface area (TPSA) is 122 Å². The van der Waals surface area contributed by atoms with Gasteiger partial charge in [0.1, 0.15) is 0 Å². The van der Waals surface area contributed by atoms with Gasteiger partial charge in [0.15, 0.2) is 0 Å². The van der Waals surface area contributed by atoms with Crippen LogP contribution in [-0.2, 0) is 29.0 Å². The first kappa shape index (κ1) is 23.7. The van der Waals surface area contributed by atoms with Gasteiger partial charge in [-0.15, -0.1) is 0 Å². The monoisotopic (exact) mass is 509 g/mol. The largest absolute Gasteiger partial charge is 0.417 e. The second-order valence-electron chi connectivity index (χ2n) is 8.69. The number of nitrogens with zero attached hydrogens (tertiary/aromatic N) is 4. The van der Waals surface area contributed by atoms with Crippen LogP contribution in [0.5, 0.6) is 0 Å². The molecule has 1 aliphatic heterocycles. The van der Waals surface area contributed by atoms with Crippen LogP contribution in [0.25, 0.3) is 11.4 Å². The number of hydrogen-bond acceptors (Lipinski definition) is 7. The Morgan fingerprint density at radius 2 is 1.80 bits per heavy atom. The average Bonchev–Trinajstić information content (AvgIpc) is 3.33. The van der Waals surface area contributed by atoms with E-state index >= 15 is 0 Å². The number of alkyl halides is 3. The van der Waals surface area contributed by atoms with Gasteiger partial charge < -0.3 is 4.52 Å². The third-order valence-corrected chi connectivity index (χ3v) is 8.50. The van der Waals surface area contributed by atoms with Crippen molar-refractivity contribution in [3.8, 4) is 11.4 Å². The molecule has 1 aliphatic carbocycles. The first-order chi connectivity index (χ1) is 16.7. The van der Waals surface area contributed by atoms with Crippen molar-refractivity contribution >= 4 is 10.0 Å². The van der Waals surface area contributed by atoms with Gasteiger partial charge in [-0.3, -0.25) is 4.79 Å². The van der Waals surface area contributed by atoms with E-state index in [9.17, 15) is 26.4 Å². The SMILES string of the molecule is O=c1[nH]nc2c(c1-c1noc(C3CCN(S(=O)(=O)c4ccccc4C(F)(F)F)CC3)n1)CCCC2. The van der Waals surface area contributed by atoms with Crippen molar-refractivity contribution in [3.05, 3.63) is 57.3 Å². The van der Waals surface area contributed by atoms with Gasteiger partial charge in [-0.25, -0.2) is 13.5 Å². The Morgan fingerprint density at radius 1 is 1.09 bits per heavy atom. The smallest absolute Gasteiger partial charge is 0.339 e. The van der Waals surface area contributed by atoms with Crippen molar-refractivity contribution in [2.24, 2.45) is 0 Å². The Morgan fingerprint density at radius 3 is 2.54 bits per heavy atom. The average molecular weight is 510 g/mol. The molecule has 35 heavy (non-hydrogen) atoms. The van der Waals surface area contributed by atoms with Crippen molar-refractivity contribution in [1.82, 2.24) is 24.6 Å². The van der Waals surface area contributed by atoms with Crippen LogP contribution in [0.2, 0.25) is 0 Å². The minimum Gasteiger partial charge on any atom is -0.339 e. The lowest BCUT2D eigenvalue weighted by Crippen LogP contribution is -2.38. The molecule has 3 aromatic rings. The van der Waals surface area contributed by atoms with Gasteiger partial charge in [0.25, 0.3) is 5.56 Å². The van der Waals surface area contributed by atoms with Crippen LogP contribution < -0.4 is 5.56 Å². The molecule has 1 fully saturated rings. The number of rotatable bonds is 4. The van der Waals surface area contributed by atoms with Crippen LogP contribution in [0.1, 0.15) is 54.3 Å². The number of aromatic nitrogens is 4. The normalized spacial score (nSPS) is 17.9. The van der Waals surface area contributed by atoms with E-state index in [1.807, 2.05) is 0 Å². The molecule has 0 unspecified atom stereocenters. The van der Waals surface area contributed by atoms with E-state index in [0.717, 1.165) is 53.0 Å². The van der Waals surface area contributed by atoms with E-state index in [-0.39, 0.29) is 30.7 Å². The number of H-pyrrole nitrogens is 1. The first-order valence-electron chi connectivity index (χ1n) is 11.3. The summed E-state index contributed by atoms with van der Waals surface area (Å²) in [7, 11) is -4.34. The molecule has 2 aliphatic rings. The summed E-state index contributed by atoms with van der Waals surface area (Å²) in [5.41, 5.74) is 0.386. The van der Waals surface area contributed by atoms with Gasteiger partial charge in [0.05, 0.1) is 21.7 Å². The lowest BCUT2D eigenvalue weighted by Gasteiger charge is -2.30. The van der Waals surface area contributed by atoms with E-state index in [4.69, 9.17) is 4.52 Å². The Hall–Kier alpha value is -3.06. The van der Waals surface area contributed by atoms with Gasteiger partial charge in [-0.05, 0) is 56.2 Å². The Kier molecular flexibility index (Phi) is 5.99. The minimum atomic E-state index is -4.79. The molecule has 0 bridgehead atoms. The first-order valence-corrected chi connectivity index (χ1v) is 12.7. The second kappa shape index (κ2) is 8.86. The molecule has 3 heterocycles. The molecular formula is C22H22F3N5O4S. The second-order valence-corrected chi connectivity index (χ2v) is 10.6. The molecule has 1 aromatic carbocycles. The van der Waals surface area contributed by atoms with Crippen LogP contribution in [-0.4, -0.2) is 46.2 Å². The molecule has 186 valence electrons. The van der Waals surface area contributed by atoms with Crippen molar-refractivity contribution in [2.75, 3.05) is 13.1 Å². The van der Waals surface area contributed by atoms with Crippen LogP contribution in [0.3, 0.4) is 0 Å². The molecule has 1 saturated heterocycles. The summed E-state index contributed by atoms with van der Waals surface area (Å²) in [5.74, 6) is 0.154. The van der Waals surface area contributed by atoms with Gasteiger partial charge in [0, 0.05) is 19.0 Å². The highest BCUT2D eigenvalue weighted by Crippen LogP contribution is 2.37. The summed E-state index contributed by atoms with van der Waals surface area (Å²) in [6, 6.07) is 4.17. The minimum absolute atomic E-state index is 0.00213. The summed E-state index contributed by atoms with van der Waals surface area (Å²) in [6.45, 7) is 0.00425. The zero-order chi connectivity index (χ0) is 24.8. The standard InChI is InChI=1S/C22H22F3N5O4S/c23-22(24,25)15-6-2-4-8-17(15)35(32,33)30-11-9-13(10-12-30)21-26-19(29-34-21)18-14-5-1-3-7-16(14)27-28-20(18)31/h2,4,6,8,13H,1,3,5,7,9-12H2,(H,28,31). The van der Waals surface area contributed by atoms with Gasteiger partial charge in [-0.1, -0.05) is 17.3 Å². The summed E-state index contributed by atoms with van der Waals surface area (Å²) in [4.78, 5) is 16.1. The van der Waals surface area contributed by atoms with Crippen LogP contribution >= 0.6 is 0 Å². The third kappa shape index (κ3) is 4.38. The molecule has 5 rings (SSSR count). The maximum absolute atomic E-state index is 13.4. The van der Waals surface area contributed by atoms with E-state index in [0.29, 0.717) is 24.8 Å². The van der Waals surface area contributed by atoms with E-state index in [1.54, 1.807) is 0 Å². The van der Waals surface area contributed by atoms with E-state index in [1.165, 1.54) is 6.07 Å². The fourth-order valence-corrected chi connectivity index (χ4v) is 6.42. The number of benzene rings is 1. The quantitative estimate of drug-likeness (QED) is 0.573. The lowest BCUT2D eigenvalue weighted by molar-refractivity contribution is -0.139. The summed E-state index contributed by atoms with van der Waals surface area (Å²) in [6.07, 6.45) is -0.834. The van der Waals surface area contributed by atoms with Gasteiger partial charge >= 0.3 is 6.18 Å². The van der Waals surface area contributed by atoms with Crippen LogP contribution in [0, 0.1) is 0 Å². The van der Waals surface area contributed by atoms with E-state index in [2.05, 4.69) is 20.3 Å². The van der Waals surface area contributed by atoms with Crippen molar-refractivity contribution in [3.63, 3.8) is 0 Å². The number of fused-ring (bicyclic) bond motifs is 1. The Bertz CT molecular complexity index is 1410. The molecule has 0 radical (unpaired) electrons. The molecule has 1 N–H and O–H groups in total. The number of aromatic amines is 1.